The molecule has 2 heterocycles. The van der Waals surface area contributed by atoms with Crippen molar-refractivity contribution < 1.29 is 14.3 Å². The van der Waals surface area contributed by atoms with Gasteiger partial charge in [0, 0.05) is 19.6 Å². The molecule has 0 radical (unpaired) electrons. The van der Waals surface area contributed by atoms with Crippen LogP contribution in [0.25, 0.3) is 0 Å². The Morgan fingerprint density at radius 2 is 2.06 bits per heavy atom. The lowest BCUT2D eigenvalue weighted by atomic mass is 10.4. The summed E-state index contributed by atoms with van der Waals surface area (Å²) in [7, 11) is 2.47. The van der Waals surface area contributed by atoms with Crippen molar-refractivity contribution in [2.24, 2.45) is 0 Å². The number of morpholine rings is 1. The molecule has 2 saturated heterocycles. The Hall–Kier alpha value is -0.710. The minimum atomic E-state index is -0.322. The van der Waals surface area contributed by atoms with E-state index in [0.29, 0.717) is 32.8 Å². The third-order valence-corrected chi connectivity index (χ3v) is 3.38. The first kappa shape index (κ1) is 11.8. The van der Waals surface area contributed by atoms with Crippen LogP contribution in [0.2, 0.25) is 0 Å². The standard InChI is InChI=1S/C9H16N3O3P/c13-8-7(16)1-2-12(8)9(14)10-11-3-5-15-6-4-11/h7H,1-6,16H2,(H,10,14). The van der Waals surface area contributed by atoms with Gasteiger partial charge in [0.25, 0.3) is 0 Å². The number of amides is 3. The summed E-state index contributed by atoms with van der Waals surface area (Å²) in [5.41, 5.74) is 2.61. The monoisotopic (exact) mass is 245 g/mol. The van der Waals surface area contributed by atoms with Crippen molar-refractivity contribution in [2.75, 3.05) is 32.8 Å². The lowest BCUT2D eigenvalue weighted by Gasteiger charge is -2.28. The van der Waals surface area contributed by atoms with Crippen molar-refractivity contribution in [1.29, 1.82) is 0 Å². The van der Waals surface area contributed by atoms with E-state index < -0.39 is 0 Å². The molecule has 2 unspecified atom stereocenters. The molecule has 0 saturated carbocycles. The van der Waals surface area contributed by atoms with Crippen molar-refractivity contribution in [2.45, 2.75) is 12.1 Å². The lowest BCUT2D eigenvalue weighted by Crippen LogP contribution is -2.53. The van der Waals surface area contributed by atoms with Gasteiger partial charge in [0.05, 0.1) is 18.9 Å². The van der Waals surface area contributed by atoms with Crippen LogP contribution in [-0.4, -0.2) is 60.4 Å². The number of ether oxygens (including phenoxy) is 1. The molecule has 2 aliphatic rings. The van der Waals surface area contributed by atoms with E-state index in [4.69, 9.17) is 4.74 Å². The molecule has 0 aromatic rings. The summed E-state index contributed by atoms with van der Waals surface area (Å²) in [5.74, 6) is -0.115. The van der Waals surface area contributed by atoms with E-state index in [1.807, 2.05) is 0 Å². The average Bonchev–Trinajstić information content (AvgIpc) is 2.61. The van der Waals surface area contributed by atoms with Gasteiger partial charge in [0.15, 0.2) is 0 Å². The van der Waals surface area contributed by atoms with Crippen LogP contribution < -0.4 is 5.43 Å². The normalized spacial score (nSPS) is 27.2. The molecule has 2 fully saturated rings. The topological polar surface area (TPSA) is 61.9 Å². The number of rotatable bonds is 1. The molecule has 0 aliphatic carbocycles. The molecule has 1 N–H and O–H groups in total. The first-order valence-electron chi connectivity index (χ1n) is 5.39. The number of nitrogens with zero attached hydrogens (tertiary/aromatic N) is 2. The number of carbonyl (C=O) groups is 2. The van der Waals surface area contributed by atoms with E-state index in [-0.39, 0.29) is 17.6 Å². The molecule has 2 rings (SSSR count). The maximum absolute atomic E-state index is 11.8. The number of hydrogen-bond acceptors (Lipinski definition) is 4. The smallest absolute Gasteiger partial charge is 0.338 e. The molecular weight excluding hydrogens is 229 g/mol. The Morgan fingerprint density at radius 3 is 2.62 bits per heavy atom. The number of imide groups is 1. The van der Waals surface area contributed by atoms with E-state index in [9.17, 15) is 9.59 Å². The third-order valence-electron chi connectivity index (χ3n) is 2.76. The minimum Gasteiger partial charge on any atom is -0.379 e. The van der Waals surface area contributed by atoms with E-state index in [0.717, 1.165) is 6.42 Å². The highest BCUT2D eigenvalue weighted by Crippen LogP contribution is 2.18. The first-order valence-corrected chi connectivity index (χ1v) is 6.05. The molecule has 0 aromatic heterocycles. The van der Waals surface area contributed by atoms with Crippen LogP contribution in [0, 0.1) is 0 Å². The summed E-state index contributed by atoms with van der Waals surface area (Å²) < 4.78 is 5.17. The molecule has 0 spiro atoms. The van der Waals surface area contributed by atoms with E-state index in [1.165, 1.54) is 4.90 Å². The fraction of sp³-hybridized carbons (Fsp3) is 0.778. The molecule has 0 aromatic carbocycles. The predicted molar refractivity (Wildman–Crippen MR) is 60.8 cm³/mol. The number of hydrazine groups is 1. The summed E-state index contributed by atoms with van der Waals surface area (Å²) in [6.07, 6.45) is 0.722. The van der Waals surface area contributed by atoms with Gasteiger partial charge in [0.1, 0.15) is 0 Å². The zero-order valence-electron chi connectivity index (χ0n) is 9.02. The van der Waals surface area contributed by atoms with E-state index >= 15 is 0 Å². The van der Waals surface area contributed by atoms with Crippen molar-refractivity contribution in [1.82, 2.24) is 15.3 Å². The van der Waals surface area contributed by atoms with Crippen LogP contribution in [0.5, 0.6) is 0 Å². The van der Waals surface area contributed by atoms with Crippen molar-refractivity contribution in [3.63, 3.8) is 0 Å². The molecule has 0 bridgehead atoms. The molecule has 7 heteroatoms. The fourth-order valence-corrected chi connectivity index (χ4v) is 2.10. The van der Waals surface area contributed by atoms with E-state index in [2.05, 4.69) is 14.7 Å². The summed E-state index contributed by atoms with van der Waals surface area (Å²) in [6.45, 7) is 3.06. The van der Waals surface area contributed by atoms with Crippen molar-refractivity contribution in [3.8, 4) is 0 Å². The lowest BCUT2D eigenvalue weighted by molar-refractivity contribution is -0.125. The fourth-order valence-electron chi connectivity index (χ4n) is 1.77. The summed E-state index contributed by atoms with van der Waals surface area (Å²) in [4.78, 5) is 24.6. The Balaban J connectivity index is 1.85. The Labute approximate surface area is 96.5 Å². The van der Waals surface area contributed by atoms with Gasteiger partial charge in [-0.25, -0.2) is 9.80 Å². The number of urea groups is 1. The predicted octanol–water partition coefficient (Wildman–Crippen LogP) is -0.581. The maximum Gasteiger partial charge on any atom is 0.338 e. The molecular formula is C9H16N3O3P. The summed E-state index contributed by atoms with van der Waals surface area (Å²) in [5, 5.41) is 1.79. The van der Waals surface area contributed by atoms with Gasteiger partial charge in [-0.1, -0.05) is 0 Å². The number of carbonyl (C=O) groups excluding carboxylic acids is 2. The molecule has 2 atom stereocenters. The van der Waals surface area contributed by atoms with Crippen LogP contribution >= 0.6 is 9.24 Å². The highest BCUT2D eigenvalue weighted by Gasteiger charge is 2.33. The van der Waals surface area contributed by atoms with Crippen LogP contribution in [-0.2, 0) is 9.53 Å². The first-order chi connectivity index (χ1) is 7.68. The second-order valence-corrected chi connectivity index (χ2v) is 4.71. The minimum absolute atomic E-state index is 0.115. The second kappa shape index (κ2) is 5.08. The van der Waals surface area contributed by atoms with Crippen LogP contribution in [0.1, 0.15) is 6.42 Å². The largest absolute Gasteiger partial charge is 0.379 e. The highest BCUT2D eigenvalue weighted by atomic mass is 31.0. The average molecular weight is 245 g/mol. The van der Waals surface area contributed by atoms with Crippen LogP contribution in [0.3, 0.4) is 0 Å². The van der Waals surface area contributed by atoms with Gasteiger partial charge in [-0.05, 0) is 6.42 Å². The van der Waals surface area contributed by atoms with Gasteiger partial charge in [-0.15, -0.1) is 9.24 Å². The third kappa shape index (κ3) is 2.51. The zero-order valence-corrected chi connectivity index (χ0v) is 10.2. The summed E-state index contributed by atoms with van der Waals surface area (Å²) >= 11 is 0. The quantitative estimate of drug-likeness (QED) is 0.628. The van der Waals surface area contributed by atoms with Gasteiger partial charge >= 0.3 is 6.03 Å². The number of likely N-dealkylation sites (tertiary alicyclic amines) is 1. The zero-order chi connectivity index (χ0) is 11.5. The van der Waals surface area contributed by atoms with Gasteiger partial charge < -0.3 is 4.74 Å². The van der Waals surface area contributed by atoms with Gasteiger partial charge in [0.2, 0.25) is 5.91 Å². The SMILES string of the molecule is O=C(NN1CCOCC1)N1CCC(P)C1=O. The second-order valence-electron chi connectivity index (χ2n) is 3.90. The van der Waals surface area contributed by atoms with Gasteiger partial charge in [-0.2, -0.15) is 0 Å². The van der Waals surface area contributed by atoms with Crippen molar-refractivity contribution in [3.05, 3.63) is 0 Å². The summed E-state index contributed by atoms with van der Waals surface area (Å²) in [6, 6.07) is -0.322. The Kier molecular flexibility index (Phi) is 3.74. The Bertz CT molecular complexity index is 294. The van der Waals surface area contributed by atoms with Crippen LogP contribution in [0.15, 0.2) is 0 Å². The number of nitrogens with one attached hydrogen (secondary N) is 1. The molecule has 6 nitrogen and oxygen atoms in total. The van der Waals surface area contributed by atoms with Crippen LogP contribution in [0.4, 0.5) is 4.79 Å². The molecule has 16 heavy (non-hydrogen) atoms. The van der Waals surface area contributed by atoms with Crippen molar-refractivity contribution >= 4 is 21.2 Å². The molecule has 3 amide bonds. The highest BCUT2D eigenvalue weighted by molar-refractivity contribution is 7.19. The number of hydrogen-bond donors (Lipinski definition) is 1. The van der Waals surface area contributed by atoms with E-state index in [1.54, 1.807) is 5.01 Å². The maximum atomic E-state index is 11.8. The molecule has 2 aliphatic heterocycles. The Morgan fingerprint density at radius 1 is 1.38 bits per heavy atom. The van der Waals surface area contributed by atoms with Gasteiger partial charge in [-0.3, -0.25) is 15.1 Å². The molecule has 90 valence electrons.